The number of carboxylic acid groups (broad SMARTS) is 1. The first-order valence-corrected chi connectivity index (χ1v) is 5.64. The highest BCUT2D eigenvalue weighted by Crippen LogP contribution is 2.02. The van der Waals surface area contributed by atoms with E-state index in [1.54, 1.807) is 13.8 Å². The van der Waals surface area contributed by atoms with Crippen LogP contribution in [0.2, 0.25) is 0 Å². The Hall–Kier alpha value is -2.38. The number of carboxylic acids is 1. The number of H-pyrrole nitrogens is 2. The van der Waals surface area contributed by atoms with Gasteiger partial charge in [0.25, 0.3) is 5.56 Å². The topological polar surface area (TPSA) is 132 Å². The lowest BCUT2D eigenvalue weighted by Crippen LogP contribution is -2.45. The van der Waals surface area contributed by atoms with Crippen LogP contribution in [0.15, 0.2) is 15.7 Å². The molecule has 0 aromatic carbocycles. The number of hydrogen-bond acceptors (Lipinski definition) is 4. The summed E-state index contributed by atoms with van der Waals surface area (Å²) in [5.74, 6) is -2.00. The molecule has 1 atom stereocenters. The summed E-state index contributed by atoms with van der Waals surface area (Å²) >= 11 is 0. The van der Waals surface area contributed by atoms with E-state index in [2.05, 4.69) is 10.3 Å². The second kappa shape index (κ2) is 5.98. The molecule has 0 spiro atoms. The van der Waals surface area contributed by atoms with Gasteiger partial charge in [-0.1, -0.05) is 13.8 Å². The lowest BCUT2D eigenvalue weighted by atomic mass is 10.0. The van der Waals surface area contributed by atoms with Crippen LogP contribution in [-0.2, 0) is 16.0 Å². The summed E-state index contributed by atoms with van der Waals surface area (Å²) in [6.07, 6.45) is -0.268. The maximum absolute atomic E-state index is 11.6. The first-order valence-electron chi connectivity index (χ1n) is 5.64. The number of rotatable bonds is 5. The summed E-state index contributed by atoms with van der Waals surface area (Å²) < 4.78 is 0. The van der Waals surface area contributed by atoms with Gasteiger partial charge in [0, 0.05) is 11.8 Å². The summed E-state index contributed by atoms with van der Waals surface area (Å²) in [6.45, 7) is 3.32. The zero-order valence-electron chi connectivity index (χ0n) is 10.5. The molecule has 0 bridgehead atoms. The number of carbonyl (C=O) groups is 2. The Kier molecular flexibility index (Phi) is 4.62. The van der Waals surface area contributed by atoms with Crippen LogP contribution in [0.5, 0.6) is 0 Å². The summed E-state index contributed by atoms with van der Waals surface area (Å²) in [6, 6.07) is 0.0628. The van der Waals surface area contributed by atoms with E-state index in [9.17, 15) is 19.2 Å². The molecule has 0 aliphatic rings. The minimum atomic E-state index is -1.14. The van der Waals surface area contributed by atoms with Gasteiger partial charge in [-0.2, -0.15) is 0 Å². The molecule has 0 saturated heterocycles. The molecule has 19 heavy (non-hydrogen) atoms. The Morgan fingerprint density at radius 3 is 2.42 bits per heavy atom. The highest BCUT2D eigenvalue weighted by Gasteiger charge is 2.23. The van der Waals surface area contributed by atoms with Crippen molar-refractivity contribution in [1.82, 2.24) is 15.3 Å². The van der Waals surface area contributed by atoms with Crippen LogP contribution in [0.3, 0.4) is 0 Å². The van der Waals surface area contributed by atoms with Crippen molar-refractivity contribution in [3.63, 3.8) is 0 Å². The molecule has 8 heteroatoms. The van der Waals surface area contributed by atoms with Crippen molar-refractivity contribution in [2.75, 3.05) is 0 Å². The SMILES string of the molecule is CC(C)[C@@H](NC(=O)Cc1cc(=O)[nH]c(=O)[nH]1)C(=O)O. The smallest absolute Gasteiger partial charge is 0.326 e. The number of carbonyl (C=O) groups excluding carboxylic acids is 1. The van der Waals surface area contributed by atoms with Crippen LogP contribution in [0.4, 0.5) is 0 Å². The summed E-state index contributed by atoms with van der Waals surface area (Å²) in [7, 11) is 0. The van der Waals surface area contributed by atoms with Gasteiger partial charge in [-0.25, -0.2) is 9.59 Å². The fourth-order valence-electron chi connectivity index (χ4n) is 1.53. The maximum Gasteiger partial charge on any atom is 0.326 e. The van der Waals surface area contributed by atoms with Crippen LogP contribution < -0.4 is 16.6 Å². The van der Waals surface area contributed by atoms with E-state index in [1.807, 2.05) is 4.98 Å². The zero-order chi connectivity index (χ0) is 14.6. The number of aromatic amines is 2. The molecule has 1 amide bonds. The van der Waals surface area contributed by atoms with Gasteiger partial charge in [0.2, 0.25) is 5.91 Å². The third-order valence-corrected chi connectivity index (χ3v) is 2.42. The Morgan fingerprint density at radius 1 is 1.32 bits per heavy atom. The standard InChI is InChI=1S/C11H15N3O5/c1-5(2)9(10(17)18)13-7(15)3-6-4-8(16)14-11(19)12-6/h4-5,9H,3H2,1-2H3,(H,13,15)(H,17,18)(H2,12,14,16,19)/t9-/m1/s1. The van der Waals surface area contributed by atoms with E-state index >= 15 is 0 Å². The zero-order valence-corrected chi connectivity index (χ0v) is 10.5. The highest BCUT2D eigenvalue weighted by molar-refractivity contribution is 5.84. The molecule has 0 aliphatic heterocycles. The van der Waals surface area contributed by atoms with E-state index in [0.29, 0.717) is 0 Å². The summed E-state index contributed by atoms with van der Waals surface area (Å²) in [5, 5.41) is 11.2. The molecule has 1 aromatic rings. The second-order valence-electron chi connectivity index (χ2n) is 4.42. The molecule has 0 aliphatic carbocycles. The second-order valence-corrected chi connectivity index (χ2v) is 4.42. The molecule has 0 fully saturated rings. The van der Waals surface area contributed by atoms with Crippen LogP contribution in [0, 0.1) is 5.92 Å². The average Bonchev–Trinajstić information content (AvgIpc) is 2.23. The largest absolute Gasteiger partial charge is 0.480 e. The van der Waals surface area contributed by atoms with E-state index in [4.69, 9.17) is 5.11 Å². The lowest BCUT2D eigenvalue weighted by molar-refractivity contribution is -0.143. The molecular weight excluding hydrogens is 254 g/mol. The van der Waals surface area contributed by atoms with Gasteiger partial charge in [0.1, 0.15) is 6.04 Å². The van der Waals surface area contributed by atoms with Gasteiger partial charge in [-0.05, 0) is 5.92 Å². The van der Waals surface area contributed by atoms with Gasteiger partial charge in [-0.3, -0.25) is 14.6 Å². The van der Waals surface area contributed by atoms with Crippen molar-refractivity contribution < 1.29 is 14.7 Å². The monoisotopic (exact) mass is 269 g/mol. The Balaban J connectivity index is 2.77. The average molecular weight is 269 g/mol. The number of aliphatic carboxylic acids is 1. The molecular formula is C11H15N3O5. The molecule has 104 valence electrons. The predicted molar refractivity (Wildman–Crippen MR) is 65.8 cm³/mol. The first kappa shape index (κ1) is 14.7. The highest BCUT2D eigenvalue weighted by atomic mass is 16.4. The van der Waals surface area contributed by atoms with Crippen molar-refractivity contribution in [2.45, 2.75) is 26.3 Å². The first-order chi connectivity index (χ1) is 8.79. The maximum atomic E-state index is 11.6. The van der Waals surface area contributed by atoms with Crippen LogP contribution in [0.1, 0.15) is 19.5 Å². The number of hydrogen-bond donors (Lipinski definition) is 4. The minimum Gasteiger partial charge on any atom is -0.480 e. The van der Waals surface area contributed by atoms with Gasteiger partial charge in [0.15, 0.2) is 0 Å². The van der Waals surface area contributed by atoms with Crippen LogP contribution >= 0.6 is 0 Å². The van der Waals surface area contributed by atoms with Gasteiger partial charge >= 0.3 is 11.7 Å². The molecule has 1 aromatic heterocycles. The fourth-order valence-corrected chi connectivity index (χ4v) is 1.53. The third kappa shape index (κ3) is 4.41. The quantitative estimate of drug-likeness (QED) is 0.534. The van der Waals surface area contributed by atoms with Crippen LogP contribution in [0.25, 0.3) is 0 Å². The fraction of sp³-hybridized carbons (Fsp3) is 0.455. The van der Waals surface area contributed by atoms with Crippen molar-refractivity contribution in [3.8, 4) is 0 Å². The molecule has 4 N–H and O–H groups in total. The summed E-state index contributed by atoms with van der Waals surface area (Å²) in [4.78, 5) is 48.8. The van der Waals surface area contributed by atoms with Crippen molar-refractivity contribution in [2.24, 2.45) is 5.92 Å². The number of amides is 1. The lowest BCUT2D eigenvalue weighted by Gasteiger charge is -2.17. The minimum absolute atomic E-state index is 0.124. The Bertz CT molecular complexity index is 558. The normalized spacial score (nSPS) is 12.2. The molecule has 1 rings (SSSR count). The van der Waals surface area contributed by atoms with Gasteiger partial charge < -0.3 is 15.4 Å². The van der Waals surface area contributed by atoms with Crippen molar-refractivity contribution in [3.05, 3.63) is 32.6 Å². The van der Waals surface area contributed by atoms with Gasteiger partial charge in [-0.15, -0.1) is 0 Å². The van der Waals surface area contributed by atoms with Crippen molar-refractivity contribution in [1.29, 1.82) is 0 Å². The Labute approximate surface area is 107 Å². The van der Waals surface area contributed by atoms with Gasteiger partial charge in [0.05, 0.1) is 6.42 Å². The molecule has 0 saturated carbocycles. The number of aromatic nitrogens is 2. The summed E-state index contributed by atoms with van der Waals surface area (Å²) in [5.41, 5.74) is -1.21. The molecule has 0 unspecified atom stereocenters. The molecule has 1 heterocycles. The van der Waals surface area contributed by atoms with E-state index in [0.717, 1.165) is 6.07 Å². The molecule has 8 nitrogen and oxygen atoms in total. The Morgan fingerprint density at radius 2 is 1.95 bits per heavy atom. The number of nitrogens with one attached hydrogen (secondary N) is 3. The molecule has 0 radical (unpaired) electrons. The predicted octanol–water partition coefficient (Wildman–Crippen LogP) is -1.17. The van der Waals surface area contributed by atoms with E-state index in [1.165, 1.54) is 0 Å². The third-order valence-electron chi connectivity index (χ3n) is 2.42. The van der Waals surface area contributed by atoms with Crippen molar-refractivity contribution >= 4 is 11.9 Å². The van der Waals surface area contributed by atoms with E-state index < -0.39 is 29.2 Å². The van der Waals surface area contributed by atoms with Crippen LogP contribution in [-0.4, -0.2) is 33.0 Å². The van der Waals surface area contributed by atoms with E-state index in [-0.39, 0.29) is 18.0 Å².